The maximum absolute atomic E-state index is 6.32. The van der Waals surface area contributed by atoms with Gasteiger partial charge in [0.25, 0.3) is 0 Å². The number of pyridine rings is 2. The third kappa shape index (κ3) is 1.88. The smallest absolute Gasteiger partial charge is 0.196 e. The third-order valence-electron chi connectivity index (χ3n) is 3.33. The van der Waals surface area contributed by atoms with Gasteiger partial charge >= 0.3 is 0 Å². The van der Waals surface area contributed by atoms with E-state index in [1.807, 2.05) is 28.7 Å². The van der Waals surface area contributed by atoms with Gasteiger partial charge < -0.3 is 5.73 Å². The normalized spacial score (nSPS) is 11.0. The Morgan fingerprint density at radius 3 is 2.19 bits per heavy atom. The first-order chi connectivity index (χ1) is 10.3. The predicted octanol–water partition coefficient (Wildman–Crippen LogP) is 3.10. The van der Waals surface area contributed by atoms with Crippen molar-refractivity contribution in [1.29, 1.82) is 0 Å². The molecule has 0 aliphatic rings. The van der Waals surface area contributed by atoms with Gasteiger partial charge in [-0.2, -0.15) is 0 Å². The summed E-state index contributed by atoms with van der Waals surface area (Å²) in [7, 11) is 0. The highest BCUT2D eigenvalue weighted by Gasteiger charge is 2.16. The summed E-state index contributed by atoms with van der Waals surface area (Å²) >= 11 is 1.57. The van der Waals surface area contributed by atoms with Crippen LogP contribution in [-0.4, -0.2) is 19.4 Å². The fourth-order valence-corrected chi connectivity index (χ4v) is 3.23. The lowest BCUT2D eigenvalue weighted by molar-refractivity contribution is 1.23. The number of rotatable bonds is 2. The molecular formula is C15H11N5S. The summed E-state index contributed by atoms with van der Waals surface area (Å²) in [6.07, 6.45) is 7.03. The first-order valence-corrected chi connectivity index (χ1v) is 7.29. The number of fused-ring (bicyclic) bond motifs is 1. The average Bonchev–Trinajstić information content (AvgIpc) is 3.10. The largest absolute Gasteiger partial charge is 0.383 e. The molecule has 4 heterocycles. The fourth-order valence-electron chi connectivity index (χ4n) is 2.33. The molecule has 0 aliphatic carbocycles. The van der Waals surface area contributed by atoms with E-state index in [0.717, 1.165) is 27.5 Å². The lowest BCUT2D eigenvalue weighted by Crippen LogP contribution is -1.95. The van der Waals surface area contributed by atoms with Gasteiger partial charge in [-0.25, -0.2) is 4.98 Å². The molecule has 0 atom stereocenters. The minimum Gasteiger partial charge on any atom is -0.383 e. The Morgan fingerprint density at radius 2 is 1.52 bits per heavy atom. The Morgan fingerprint density at radius 1 is 0.905 bits per heavy atom. The number of imidazole rings is 1. The second-order valence-corrected chi connectivity index (χ2v) is 5.39. The number of thiazole rings is 1. The summed E-state index contributed by atoms with van der Waals surface area (Å²) < 4.78 is 1.98. The number of hydrogen-bond donors (Lipinski definition) is 1. The highest BCUT2D eigenvalue weighted by Crippen LogP contribution is 2.33. The van der Waals surface area contributed by atoms with Crippen molar-refractivity contribution in [2.45, 2.75) is 0 Å². The molecule has 2 N–H and O–H groups in total. The van der Waals surface area contributed by atoms with Crippen LogP contribution in [0.15, 0.2) is 54.4 Å². The van der Waals surface area contributed by atoms with Crippen LogP contribution in [-0.2, 0) is 0 Å². The van der Waals surface area contributed by atoms with Gasteiger partial charge in [-0.3, -0.25) is 14.4 Å². The second-order valence-electron chi connectivity index (χ2n) is 4.56. The van der Waals surface area contributed by atoms with E-state index in [1.165, 1.54) is 0 Å². The molecule has 0 unspecified atom stereocenters. The number of anilines is 1. The maximum atomic E-state index is 6.32. The van der Waals surface area contributed by atoms with Gasteiger partial charge in [-0.1, -0.05) is 0 Å². The van der Waals surface area contributed by atoms with E-state index >= 15 is 0 Å². The number of nitrogens with zero attached hydrogens (tertiary/aromatic N) is 4. The minimum absolute atomic E-state index is 0.643. The van der Waals surface area contributed by atoms with E-state index in [9.17, 15) is 0 Å². The van der Waals surface area contributed by atoms with Crippen molar-refractivity contribution >= 4 is 22.1 Å². The molecule has 4 aromatic heterocycles. The molecule has 4 rings (SSSR count). The zero-order chi connectivity index (χ0) is 14.2. The second kappa shape index (κ2) is 4.68. The Balaban J connectivity index is 1.95. The average molecular weight is 293 g/mol. The van der Waals surface area contributed by atoms with Crippen LogP contribution < -0.4 is 5.73 Å². The van der Waals surface area contributed by atoms with E-state index in [4.69, 9.17) is 5.73 Å². The first kappa shape index (κ1) is 12.0. The molecule has 4 aromatic rings. The molecule has 0 aromatic carbocycles. The van der Waals surface area contributed by atoms with Crippen LogP contribution in [0.2, 0.25) is 0 Å². The van der Waals surface area contributed by atoms with Crippen LogP contribution in [0.1, 0.15) is 0 Å². The zero-order valence-electron chi connectivity index (χ0n) is 11.0. The lowest BCUT2D eigenvalue weighted by Gasteiger charge is -2.02. The number of hydrogen-bond acceptors (Lipinski definition) is 5. The van der Waals surface area contributed by atoms with Crippen LogP contribution in [0.5, 0.6) is 0 Å². The minimum atomic E-state index is 0.643. The Hall–Kier alpha value is -2.73. The molecule has 0 saturated carbocycles. The van der Waals surface area contributed by atoms with Crippen LogP contribution in [0, 0.1) is 0 Å². The fraction of sp³-hybridized carbons (Fsp3) is 0. The lowest BCUT2D eigenvalue weighted by atomic mass is 10.2. The van der Waals surface area contributed by atoms with E-state index < -0.39 is 0 Å². The third-order valence-corrected chi connectivity index (χ3v) is 4.15. The molecule has 0 radical (unpaired) electrons. The van der Waals surface area contributed by atoms with Crippen molar-refractivity contribution in [3.05, 3.63) is 54.4 Å². The standard InChI is InChI=1S/C15H11N5S/c16-14-13(11-3-7-18-8-4-11)19-15-20(14)12(9-21-15)10-1-5-17-6-2-10/h1-9H,16H2. The summed E-state index contributed by atoms with van der Waals surface area (Å²) in [5.74, 6) is 0.643. The summed E-state index contributed by atoms with van der Waals surface area (Å²) in [6.45, 7) is 0. The summed E-state index contributed by atoms with van der Waals surface area (Å²) in [5, 5.41) is 2.06. The van der Waals surface area contributed by atoms with E-state index in [2.05, 4.69) is 20.3 Å². The van der Waals surface area contributed by atoms with Crippen molar-refractivity contribution in [1.82, 2.24) is 19.4 Å². The van der Waals surface area contributed by atoms with Gasteiger partial charge in [-0.15, -0.1) is 11.3 Å². The van der Waals surface area contributed by atoms with Crippen molar-refractivity contribution in [2.75, 3.05) is 5.73 Å². The van der Waals surface area contributed by atoms with Gasteiger partial charge in [0.1, 0.15) is 11.5 Å². The molecule has 0 bridgehead atoms. The summed E-state index contributed by atoms with van der Waals surface area (Å²) in [5.41, 5.74) is 10.2. The van der Waals surface area contributed by atoms with Crippen molar-refractivity contribution in [2.24, 2.45) is 0 Å². The van der Waals surface area contributed by atoms with Crippen LogP contribution in [0.3, 0.4) is 0 Å². The first-order valence-electron chi connectivity index (χ1n) is 6.41. The monoisotopic (exact) mass is 293 g/mol. The van der Waals surface area contributed by atoms with E-state index in [1.54, 1.807) is 36.1 Å². The number of nitrogens with two attached hydrogens (primary N) is 1. The molecule has 0 aliphatic heterocycles. The van der Waals surface area contributed by atoms with Gasteiger partial charge in [-0.05, 0) is 24.3 Å². The van der Waals surface area contributed by atoms with Gasteiger partial charge in [0.05, 0.1) is 5.69 Å². The van der Waals surface area contributed by atoms with Gasteiger partial charge in [0.15, 0.2) is 4.96 Å². The van der Waals surface area contributed by atoms with Crippen LogP contribution >= 0.6 is 11.3 Å². The zero-order valence-corrected chi connectivity index (χ0v) is 11.8. The molecule has 0 fully saturated rings. The summed E-state index contributed by atoms with van der Waals surface area (Å²) in [4.78, 5) is 13.6. The predicted molar refractivity (Wildman–Crippen MR) is 83.9 cm³/mol. The SMILES string of the molecule is Nc1c(-c2ccncc2)nc2scc(-c3ccncc3)n12. The maximum Gasteiger partial charge on any atom is 0.196 e. The highest BCUT2D eigenvalue weighted by molar-refractivity contribution is 7.15. The Labute approximate surface area is 124 Å². The molecule has 5 nitrogen and oxygen atoms in total. The molecule has 0 amide bonds. The quantitative estimate of drug-likeness (QED) is 0.616. The molecule has 0 saturated heterocycles. The molecular weight excluding hydrogens is 282 g/mol. The Bertz CT molecular complexity index is 896. The number of aromatic nitrogens is 4. The summed E-state index contributed by atoms with van der Waals surface area (Å²) in [6, 6.07) is 7.75. The molecule has 21 heavy (non-hydrogen) atoms. The van der Waals surface area contributed by atoms with Gasteiger partial charge in [0.2, 0.25) is 0 Å². The van der Waals surface area contributed by atoms with E-state index in [-0.39, 0.29) is 0 Å². The van der Waals surface area contributed by atoms with Crippen molar-refractivity contribution in [3.63, 3.8) is 0 Å². The molecule has 6 heteroatoms. The van der Waals surface area contributed by atoms with Gasteiger partial charge in [0, 0.05) is 41.3 Å². The Kier molecular flexibility index (Phi) is 2.68. The number of nitrogen functional groups attached to an aromatic ring is 1. The van der Waals surface area contributed by atoms with Crippen molar-refractivity contribution < 1.29 is 0 Å². The molecule has 102 valence electrons. The van der Waals surface area contributed by atoms with Crippen LogP contribution in [0.4, 0.5) is 5.82 Å². The highest BCUT2D eigenvalue weighted by atomic mass is 32.1. The topological polar surface area (TPSA) is 69.1 Å². The van der Waals surface area contributed by atoms with E-state index in [0.29, 0.717) is 5.82 Å². The van der Waals surface area contributed by atoms with Crippen LogP contribution in [0.25, 0.3) is 27.5 Å². The molecule has 0 spiro atoms. The van der Waals surface area contributed by atoms with Crippen molar-refractivity contribution in [3.8, 4) is 22.5 Å².